The van der Waals surface area contributed by atoms with Crippen molar-refractivity contribution in [1.29, 1.82) is 10.5 Å². The van der Waals surface area contributed by atoms with Crippen molar-refractivity contribution in [2.45, 2.75) is 6.04 Å². The Bertz CT molecular complexity index is 414. The van der Waals surface area contributed by atoms with Gasteiger partial charge in [0.25, 0.3) is 0 Å². The maximum absolute atomic E-state index is 8.77. The molecule has 0 amide bonds. The van der Waals surface area contributed by atoms with Crippen molar-refractivity contribution in [3.8, 4) is 17.9 Å². The summed E-state index contributed by atoms with van der Waals surface area (Å²) in [5.41, 5.74) is 6.50. The number of hydrogen-bond donors (Lipinski definition) is 1. The predicted octanol–water partition coefficient (Wildman–Crippen LogP) is 1.09. The fraction of sp³-hybridized carbons (Fsp3) is 0.200. The van der Waals surface area contributed by atoms with Crippen LogP contribution in [0, 0.1) is 22.7 Å². The van der Waals surface area contributed by atoms with E-state index in [9.17, 15) is 0 Å². The van der Waals surface area contributed by atoms with Gasteiger partial charge in [-0.3, -0.25) is 0 Å². The monoisotopic (exact) mass is 187 g/mol. The number of hydrogen-bond acceptors (Lipinski definition) is 4. The van der Waals surface area contributed by atoms with Gasteiger partial charge in [-0.05, 0) is 17.7 Å². The molecule has 1 aromatic rings. The van der Waals surface area contributed by atoms with Gasteiger partial charge >= 0.3 is 0 Å². The Morgan fingerprint density at radius 2 is 2.14 bits per heavy atom. The van der Waals surface area contributed by atoms with Gasteiger partial charge in [0.15, 0.2) is 0 Å². The maximum atomic E-state index is 8.77. The van der Waals surface area contributed by atoms with E-state index in [4.69, 9.17) is 21.0 Å². The van der Waals surface area contributed by atoms with Gasteiger partial charge in [0, 0.05) is 0 Å². The SMILES string of the molecule is COc1ccc(C(N)C#N)cc1C#N. The summed E-state index contributed by atoms with van der Waals surface area (Å²) in [6.45, 7) is 0. The van der Waals surface area contributed by atoms with E-state index in [0.29, 0.717) is 16.9 Å². The van der Waals surface area contributed by atoms with E-state index in [-0.39, 0.29) is 0 Å². The van der Waals surface area contributed by atoms with Gasteiger partial charge in [-0.2, -0.15) is 10.5 Å². The molecule has 1 unspecified atom stereocenters. The zero-order valence-corrected chi connectivity index (χ0v) is 7.69. The van der Waals surface area contributed by atoms with Crippen molar-refractivity contribution in [2.75, 3.05) is 7.11 Å². The Kier molecular flexibility index (Phi) is 3.06. The van der Waals surface area contributed by atoms with Gasteiger partial charge in [-0.1, -0.05) is 6.07 Å². The molecule has 1 aromatic carbocycles. The number of nitrogens with two attached hydrogens (primary N) is 1. The predicted molar refractivity (Wildman–Crippen MR) is 50.3 cm³/mol. The highest BCUT2D eigenvalue weighted by molar-refractivity contribution is 5.46. The highest BCUT2D eigenvalue weighted by Crippen LogP contribution is 2.21. The second-order valence-corrected chi connectivity index (χ2v) is 2.68. The molecule has 0 spiro atoms. The number of nitrogens with zero attached hydrogens (tertiary/aromatic N) is 2. The van der Waals surface area contributed by atoms with Crippen LogP contribution in [-0.2, 0) is 0 Å². The molecule has 4 heteroatoms. The van der Waals surface area contributed by atoms with Crippen LogP contribution in [0.1, 0.15) is 17.2 Å². The van der Waals surface area contributed by atoms with Gasteiger partial charge in [-0.25, -0.2) is 0 Å². The van der Waals surface area contributed by atoms with Crippen molar-refractivity contribution < 1.29 is 4.74 Å². The number of nitriles is 2. The van der Waals surface area contributed by atoms with Crippen molar-refractivity contribution in [2.24, 2.45) is 5.73 Å². The lowest BCUT2D eigenvalue weighted by atomic mass is 10.1. The maximum Gasteiger partial charge on any atom is 0.136 e. The minimum Gasteiger partial charge on any atom is -0.495 e. The molecule has 0 aliphatic carbocycles. The first-order chi connectivity index (χ1) is 6.72. The van der Waals surface area contributed by atoms with Crippen LogP contribution in [0.3, 0.4) is 0 Å². The molecule has 0 aliphatic heterocycles. The van der Waals surface area contributed by atoms with Gasteiger partial charge < -0.3 is 10.5 Å². The molecular formula is C10H9N3O. The van der Waals surface area contributed by atoms with Crippen LogP contribution in [0.5, 0.6) is 5.75 Å². The minimum absolute atomic E-state index is 0.385. The molecule has 0 aromatic heterocycles. The fourth-order valence-electron chi connectivity index (χ4n) is 1.08. The van der Waals surface area contributed by atoms with Gasteiger partial charge in [0.2, 0.25) is 0 Å². The first-order valence-electron chi connectivity index (χ1n) is 3.96. The molecule has 14 heavy (non-hydrogen) atoms. The average molecular weight is 187 g/mol. The topological polar surface area (TPSA) is 82.8 Å². The van der Waals surface area contributed by atoms with E-state index in [0.717, 1.165) is 0 Å². The first-order valence-corrected chi connectivity index (χ1v) is 3.96. The number of rotatable bonds is 2. The zero-order chi connectivity index (χ0) is 10.6. The Hall–Kier alpha value is -2.04. The highest BCUT2D eigenvalue weighted by Gasteiger charge is 2.08. The van der Waals surface area contributed by atoms with Crippen molar-refractivity contribution in [3.63, 3.8) is 0 Å². The van der Waals surface area contributed by atoms with Crippen LogP contribution in [0.4, 0.5) is 0 Å². The summed E-state index contributed by atoms with van der Waals surface area (Å²) in [6.07, 6.45) is 0. The van der Waals surface area contributed by atoms with E-state index in [1.165, 1.54) is 7.11 Å². The van der Waals surface area contributed by atoms with Gasteiger partial charge in [-0.15, -0.1) is 0 Å². The van der Waals surface area contributed by atoms with Crippen LogP contribution in [0.25, 0.3) is 0 Å². The molecule has 1 atom stereocenters. The van der Waals surface area contributed by atoms with Crippen LogP contribution in [0.15, 0.2) is 18.2 Å². The van der Waals surface area contributed by atoms with Crippen molar-refractivity contribution >= 4 is 0 Å². The molecule has 0 saturated heterocycles. The fourth-order valence-corrected chi connectivity index (χ4v) is 1.08. The Labute approximate surface area is 82.1 Å². The van der Waals surface area contributed by atoms with E-state index < -0.39 is 6.04 Å². The van der Waals surface area contributed by atoms with Gasteiger partial charge in [0.05, 0.1) is 18.7 Å². The lowest BCUT2D eigenvalue weighted by Crippen LogP contribution is -2.07. The second kappa shape index (κ2) is 4.27. The first kappa shape index (κ1) is 10.0. The summed E-state index contributed by atoms with van der Waals surface area (Å²) in [6, 6.07) is 8.04. The molecule has 2 N–H and O–H groups in total. The molecule has 0 bridgehead atoms. The molecule has 1 rings (SSSR count). The molecule has 0 radical (unpaired) electrons. The smallest absolute Gasteiger partial charge is 0.136 e. The second-order valence-electron chi connectivity index (χ2n) is 2.68. The van der Waals surface area contributed by atoms with Crippen LogP contribution in [0.2, 0.25) is 0 Å². The molecule has 0 aliphatic rings. The lowest BCUT2D eigenvalue weighted by molar-refractivity contribution is 0.413. The summed E-state index contributed by atoms with van der Waals surface area (Å²) in [5.74, 6) is 0.487. The number of benzene rings is 1. The standard InChI is InChI=1S/C10H9N3O/c1-14-10-3-2-7(9(13)6-12)4-8(10)5-11/h2-4,9H,13H2,1H3. The normalized spacial score (nSPS) is 11.1. The Morgan fingerprint density at radius 3 is 2.64 bits per heavy atom. The summed E-state index contributed by atoms with van der Waals surface area (Å²) < 4.78 is 4.96. The average Bonchev–Trinajstić information content (AvgIpc) is 2.26. The molecule has 0 heterocycles. The zero-order valence-electron chi connectivity index (χ0n) is 7.69. The molecule has 70 valence electrons. The summed E-state index contributed by atoms with van der Waals surface area (Å²) in [5, 5.41) is 17.4. The van der Waals surface area contributed by atoms with Crippen LogP contribution in [-0.4, -0.2) is 7.11 Å². The lowest BCUT2D eigenvalue weighted by Gasteiger charge is -2.06. The van der Waals surface area contributed by atoms with Crippen molar-refractivity contribution in [3.05, 3.63) is 29.3 Å². The van der Waals surface area contributed by atoms with Crippen LogP contribution >= 0.6 is 0 Å². The Morgan fingerprint density at radius 1 is 1.43 bits per heavy atom. The minimum atomic E-state index is -0.701. The summed E-state index contributed by atoms with van der Waals surface area (Å²) >= 11 is 0. The molecule has 0 saturated carbocycles. The third kappa shape index (κ3) is 1.82. The third-order valence-electron chi connectivity index (χ3n) is 1.84. The van der Waals surface area contributed by atoms with Crippen molar-refractivity contribution in [1.82, 2.24) is 0 Å². The van der Waals surface area contributed by atoms with E-state index >= 15 is 0 Å². The summed E-state index contributed by atoms with van der Waals surface area (Å²) in [7, 11) is 1.49. The number of methoxy groups -OCH3 is 1. The molecule has 0 fully saturated rings. The van der Waals surface area contributed by atoms with E-state index in [2.05, 4.69) is 0 Å². The Balaban J connectivity index is 3.17. The van der Waals surface area contributed by atoms with Crippen LogP contribution < -0.4 is 10.5 Å². The molecular weight excluding hydrogens is 178 g/mol. The largest absolute Gasteiger partial charge is 0.495 e. The summed E-state index contributed by atoms with van der Waals surface area (Å²) in [4.78, 5) is 0. The quantitative estimate of drug-likeness (QED) is 0.751. The van der Waals surface area contributed by atoms with E-state index in [1.54, 1.807) is 18.2 Å². The van der Waals surface area contributed by atoms with E-state index in [1.807, 2.05) is 12.1 Å². The van der Waals surface area contributed by atoms with Gasteiger partial charge in [0.1, 0.15) is 17.9 Å². The molecule has 4 nitrogen and oxygen atoms in total. The highest BCUT2D eigenvalue weighted by atomic mass is 16.5. The number of ether oxygens (including phenoxy) is 1. The third-order valence-corrected chi connectivity index (χ3v) is 1.84.